The molecule has 0 spiro atoms. The van der Waals surface area contributed by atoms with Crippen LogP contribution in [0, 0.1) is 0 Å². The Kier molecular flexibility index (Phi) is 2.13. The lowest BCUT2D eigenvalue weighted by Crippen LogP contribution is -1.98. The quantitative estimate of drug-likeness (QED) is 0.777. The van der Waals surface area contributed by atoms with Crippen molar-refractivity contribution < 1.29 is 0 Å². The van der Waals surface area contributed by atoms with Gasteiger partial charge < -0.3 is 5.73 Å². The van der Waals surface area contributed by atoms with Crippen LogP contribution in [0.2, 0.25) is 5.02 Å². The molecule has 1 aromatic carbocycles. The van der Waals surface area contributed by atoms with Gasteiger partial charge in [0.25, 0.3) is 0 Å². The molecule has 0 saturated carbocycles. The number of halogens is 1. The van der Waals surface area contributed by atoms with E-state index in [2.05, 4.69) is 10.2 Å². The molecular weight excluding hydrogens is 200 g/mol. The van der Waals surface area contributed by atoms with Gasteiger partial charge in [-0.1, -0.05) is 23.7 Å². The zero-order valence-corrected chi connectivity index (χ0v) is 8.36. The van der Waals surface area contributed by atoms with Gasteiger partial charge in [-0.15, -0.1) is 10.2 Å². The first-order valence-corrected chi connectivity index (χ1v) is 4.47. The Labute approximate surface area is 86.3 Å². The molecule has 0 atom stereocenters. The summed E-state index contributed by atoms with van der Waals surface area (Å²) in [6.45, 7) is 0. The molecule has 0 unspecified atom stereocenters. The van der Waals surface area contributed by atoms with Crippen LogP contribution < -0.4 is 5.73 Å². The topological polar surface area (TPSA) is 56.7 Å². The molecule has 0 amide bonds. The SMILES string of the molecule is Cn1c(N)nnc1-c1cccc(Cl)c1. The molecule has 14 heavy (non-hydrogen) atoms. The minimum Gasteiger partial charge on any atom is -0.368 e. The Morgan fingerprint density at radius 2 is 2.14 bits per heavy atom. The van der Waals surface area contributed by atoms with E-state index in [9.17, 15) is 0 Å². The van der Waals surface area contributed by atoms with Gasteiger partial charge in [0.15, 0.2) is 5.82 Å². The van der Waals surface area contributed by atoms with Gasteiger partial charge in [0.1, 0.15) is 0 Å². The third kappa shape index (κ3) is 1.44. The number of aromatic nitrogens is 3. The Morgan fingerprint density at radius 3 is 2.71 bits per heavy atom. The number of nitrogens with two attached hydrogens (primary N) is 1. The predicted molar refractivity (Wildman–Crippen MR) is 55.9 cm³/mol. The minimum absolute atomic E-state index is 0.389. The normalized spacial score (nSPS) is 10.4. The van der Waals surface area contributed by atoms with E-state index < -0.39 is 0 Å². The average Bonchev–Trinajstić information content (AvgIpc) is 2.48. The van der Waals surface area contributed by atoms with Crippen molar-refractivity contribution in [1.82, 2.24) is 14.8 Å². The van der Waals surface area contributed by atoms with Crippen LogP contribution >= 0.6 is 11.6 Å². The fourth-order valence-corrected chi connectivity index (χ4v) is 1.41. The lowest BCUT2D eigenvalue weighted by molar-refractivity contribution is 0.934. The molecule has 2 aromatic rings. The molecule has 0 aliphatic heterocycles. The Balaban J connectivity index is 2.55. The standard InChI is InChI=1S/C9H9ClN4/c1-14-8(12-13-9(14)11)6-3-2-4-7(10)5-6/h2-5H,1H3,(H2,11,13). The van der Waals surface area contributed by atoms with E-state index in [-0.39, 0.29) is 0 Å². The monoisotopic (exact) mass is 208 g/mol. The number of nitrogens with zero attached hydrogens (tertiary/aromatic N) is 3. The van der Waals surface area contributed by atoms with Crippen LogP contribution in [0.3, 0.4) is 0 Å². The Morgan fingerprint density at radius 1 is 1.36 bits per heavy atom. The highest BCUT2D eigenvalue weighted by atomic mass is 35.5. The van der Waals surface area contributed by atoms with Crippen molar-refractivity contribution in [2.75, 3.05) is 5.73 Å². The highest BCUT2D eigenvalue weighted by molar-refractivity contribution is 6.30. The zero-order valence-electron chi connectivity index (χ0n) is 7.61. The van der Waals surface area contributed by atoms with E-state index in [0.29, 0.717) is 16.8 Å². The Bertz CT molecular complexity index is 464. The van der Waals surface area contributed by atoms with Crippen LogP contribution in [0.5, 0.6) is 0 Å². The number of nitrogen functional groups attached to an aromatic ring is 1. The van der Waals surface area contributed by atoms with Gasteiger partial charge >= 0.3 is 0 Å². The van der Waals surface area contributed by atoms with Gasteiger partial charge in [0.05, 0.1) is 0 Å². The van der Waals surface area contributed by atoms with E-state index in [1.54, 1.807) is 4.57 Å². The van der Waals surface area contributed by atoms with Crippen LogP contribution in [0.1, 0.15) is 0 Å². The summed E-state index contributed by atoms with van der Waals surface area (Å²) in [7, 11) is 1.81. The molecular formula is C9H9ClN4. The zero-order chi connectivity index (χ0) is 10.1. The lowest BCUT2D eigenvalue weighted by Gasteiger charge is -2.01. The van der Waals surface area contributed by atoms with Crippen molar-refractivity contribution >= 4 is 17.5 Å². The second kappa shape index (κ2) is 3.31. The van der Waals surface area contributed by atoms with Gasteiger partial charge in [0, 0.05) is 17.6 Å². The third-order valence-electron chi connectivity index (χ3n) is 1.99. The maximum absolute atomic E-state index is 5.87. The third-order valence-corrected chi connectivity index (χ3v) is 2.23. The number of hydrogen-bond donors (Lipinski definition) is 1. The Hall–Kier alpha value is -1.55. The maximum atomic E-state index is 5.87. The summed E-state index contributed by atoms with van der Waals surface area (Å²) < 4.78 is 1.71. The number of rotatable bonds is 1. The van der Waals surface area contributed by atoms with Gasteiger partial charge in [-0.05, 0) is 12.1 Å². The number of benzene rings is 1. The van der Waals surface area contributed by atoms with Crippen molar-refractivity contribution in [3.63, 3.8) is 0 Å². The molecule has 0 aliphatic rings. The lowest BCUT2D eigenvalue weighted by atomic mass is 10.2. The van der Waals surface area contributed by atoms with Gasteiger partial charge in [-0.3, -0.25) is 4.57 Å². The summed E-state index contributed by atoms with van der Waals surface area (Å²) in [4.78, 5) is 0. The van der Waals surface area contributed by atoms with Crippen molar-refractivity contribution in [1.29, 1.82) is 0 Å². The van der Waals surface area contributed by atoms with Crippen LogP contribution in [0.25, 0.3) is 11.4 Å². The summed E-state index contributed by atoms with van der Waals surface area (Å²) >= 11 is 5.87. The van der Waals surface area contributed by atoms with Gasteiger partial charge in [-0.2, -0.15) is 0 Å². The molecule has 0 radical (unpaired) electrons. The molecule has 0 aliphatic carbocycles. The first-order valence-electron chi connectivity index (χ1n) is 4.09. The van der Waals surface area contributed by atoms with Gasteiger partial charge in [-0.25, -0.2) is 0 Å². The van der Waals surface area contributed by atoms with E-state index in [4.69, 9.17) is 17.3 Å². The van der Waals surface area contributed by atoms with Gasteiger partial charge in [0.2, 0.25) is 5.95 Å². The highest BCUT2D eigenvalue weighted by Gasteiger charge is 2.07. The molecule has 0 fully saturated rings. The molecule has 2 rings (SSSR count). The van der Waals surface area contributed by atoms with Crippen molar-refractivity contribution in [3.8, 4) is 11.4 Å². The van der Waals surface area contributed by atoms with E-state index in [0.717, 1.165) is 5.56 Å². The number of anilines is 1. The second-order valence-electron chi connectivity index (χ2n) is 2.95. The first kappa shape index (κ1) is 9.02. The molecule has 1 heterocycles. The molecule has 4 nitrogen and oxygen atoms in total. The van der Waals surface area contributed by atoms with Crippen LogP contribution in [-0.4, -0.2) is 14.8 Å². The smallest absolute Gasteiger partial charge is 0.222 e. The largest absolute Gasteiger partial charge is 0.368 e. The van der Waals surface area contributed by atoms with Crippen molar-refractivity contribution in [2.24, 2.45) is 7.05 Å². The minimum atomic E-state index is 0.389. The molecule has 5 heteroatoms. The number of hydrogen-bond acceptors (Lipinski definition) is 3. The summed E-state index contributed by atoms with van der Waals surface area (Å²) in [5.74, 6) is 1.10. The fraction of sp³-hybridized carbons (Fsp3) is 0.111. The van der Waals surface area contributed by atoms with E-state index in [1.807, 2.05) is 31.3 Å². The first-order chi connectivity index (χ1) is 6.68. The molecule has 72 valence electrons. The van der Waals surface area contributed by atoms with Crippen LogP contribution in [0.4, 0.5) is 5.95 Å². The van der Waals surface area contributed by atoms with Crippen molar-refractivity contribution in [2.45, 2.75) is 0 Å². The summed E-state index contributed by atoms with van der Waals surface area (Å²) in [6, 6.07) is 7.41. The maximum Gasteiger partial charge on any atom is 0.222 e. The summed E-state index contributed by atoms with van der Waals surface area (Å²) in [5, 5.41) is 8.40. The van der Waals surface area contributed by atoms with E-state index >= 15 is 0 Å². The fourth-order valence-electron chi connectivity index (χ4n) is 1.22. The van der Waals surface area contributed by atoms with E-state index in [1.165, 1.54) is 0 Å². The molecule has 0 saturated heterocycles. The summed E-state index contributed by atoms with van der Waals surface area (Å²) in [6.07, 6.45) is 0. The highest BCUT2D eigenvalue weighted by Crippen LogP contribution is 2.21. The van der Waals surface area contributed by atoms with Crippen molar-refractivity contribution in [3.05, 3.63) is 29.3 Å². The molecule has 0 bridgehead atoms. The summed E-state index contributed by atoms with van der Waals surface area (Å²) in [5.41, 5.74) is 6.48. The second-order valence-corrected chi connectivity index (χ2v) is 3.39. The molecule has 1 aromatic heterocycles. The molecule has 2 N–H and O–H groups in total. The van der Waals surface area contributed by atoms with Crippen LogP contribution in [-0.2, 0) is 7.05 Å². The van der Waals surface area contributed by atoms with Crippen LogP contribution in [0.15, 0.2) is 24.3 Å². The average molecular weight is 209 g/mol. The predicted octanol–water partition coefficient (Wildman–Crippen LogP) is 1.72.